The van der Waals surface area contributed by atoms with Crippen molar-refractivity contribution < 1.29 is 37.7 Å². The molecule has 17 heavy (non-hydrogen) atoms. The number of carboxylic acid groups (broad SMARTS) is 2. The summed E-state index contributed by atoms with van der Waals surface area (Å²) >= 11 is 0. The van der Waals surface area contributed by atoms with Crippen LogP contribution in [0.15, 0.2) is 0 Å². The maximum Gasteiger partial charge on any atom is 0.411 e. The molecule has 0 bridgehead atoms. The molecule has 98 valence electrons. The highest BCUT2D eigenvalue weighted by Gasteiger charge is 2.41. The van der Waals surface area contributed by atoms with E-state index in [-0.39, 0.29) is 13.0 Å². The van der Waals surface area contributed by atoms with Gasteiger partial charge in [0.1, 0.15) is 12.6 Å². The molecule has 1 aliphatic heterocycles. The van der Waals surface area contributed by atoms with Gasteiger partial charge in [0, 0.05) is 6.42 Å². The Labute approximate surface area is 93.6 Å². The summed E-state index contributed by atoms with van der Waals surface area (Å²) in [6.07, 6.45) is -7.34. The summed E-state index contributed by atoms with van der Waals surface area (Å²) in [7, 11) is 0. The summed E-state index contributed by atoms with van der Waals surface area (Å²) in [4.78, 5) is 21.9. The van der Waals surface area contributed by atoms with Crippen LogP contribution in [0.4, 0.5) is 18.0 Å². The zero-order valence-electron chi connectivity index (χ0n) is 8.48. The van der Waals surface area contributed by atoms with E-state index in [0.29, 0.717) is 4.90 Å². The number of hydrogen-bond donors (Lipinski definition) is 2. The molecule has 1 rings (SSSR count). The fourth-order valence-corrected chi connectivity index (χ4v) is 1.58. The van der Waals surface area contributed by atoms with Crippen molar-refractivity contribution >= 4 is 12.1 Å². The standard InChI is InChI=1S/C8H10F3NO5/c9-8(10,11)3-17-4-1-5(6(13)14)12(2-4)7(15)16/h4-5H,1-3H2,(H,13,14)(H,15,16)/t4-,5-/m1/s1. The van der Waals surface area contributed by atoms with Gasteiger partial charge in [-0.25, -0.2) is 9.59 Å². The first-order valence-corrected chi connectivity index (χ1v) is 4.61. The Morgan fingerprint density at radius 1 is 1.35 bits per heavy atom. The number of halogens is 3. The van der Waals surface area contributed by atoms with Crippen LogP contribution in [0.25, 0.3) is 0 Å². The van der Waals surface area contributed by atoms with Gasteiger partial charge in [-0.2, -0.15) is 13.2 Å². The van der Waals surface area contributed by atoms with Gasteiger partial charge in [0.15, 0.2) is 0 Å². The molecule has 0 radical (unpaired) electrons. The molecule has 0 aromatic carbocycles. The minimum Gasteiger partial charge on any atom is -0.480 e. The van der Waals surface area contributed by atoms with Crippen LogP contribution in [-0.2, 0) is 9.53 Å². The number of carboxylic acids is 1. The monoisotopic (exact) mass is 257 g/mol. The molecular weight excluding hydrogens is 247 g/mol. The number of aliphatic carboxylic acids is 1. The molecule has 1 saturated heterocycles. The Kier molecular flexibility index (Phi) is 3.81. The van der Waals surface area contributed by atoms with Gasteiger partial charge in [0.25, 0.3) is 0 Å². The predicted octanol–water partition coefficient (Wildman–Crippen LogP) is 0.771. The Morgan fingerprint density at radius 3 is 2.29 bits per heavy atom. The highest BCUT2D eigenvalue weighted by Crippen LogP contribution is 2.23. The minimum absolute atomic E-state index is 0.280. The number of carbonyl (C=O) groups is 2. The number of ether oxygens (including phenoxy) is 1. The molecular formula is C8H10F3NO5. The second kappa shape index (κ2) is 4.78. The van der Waals surface area contributed by atoms with Crippen molar-refractivity contribution in [2.24, 2.45) is 0 Å². The Hall–Kier alpha value is -1.51. The maximum absolute atomic E-state index is 11.8. The molecule has 1 amide bonds. The molecule has 0 unspecified atom stereocenters. The molecule has 2 N–H and O–H groups in total. The minimum atomic E-state index is -4.52. The maximum atomic E-state index is 11.8. The molecule has 0 aromatic rings. The lowest BCUT2D eigenvalue weighted by Crippen LogP contribution is -2.39. The van der Waals surface area contributed by atoms with Gasteiger partial charge in [-0.15, -0.1) is 0 Å². The lowest BCUT2D eigenvalue weighted by atomic mass is 10.2. The Balaban J connectivity index is 2.57. The summed E-state index contributed by atoms with van der Waals surface area (Å²) in [5.74, 6) is -1.40. The van der Waals surface area contributed by atoms with E-state index in [1.165, 1.54) is 0 Å². The normalized spacial score (nSPS) is 25.0. The first-order valence-electron chi connectivity index (χ1n) is 4.61. The number of rotatable bonds is 3. The average molecular weight is 257 g/mol. The molecule has 1 heterocycles. The molecule has 1 fully saturated rings. The third-order valence-corrected chi connectivity index (χ3v) is 2.28. The largest absolute Gasteiger partial charge is 0.480 e. The van der Waals surface area contributed by atoms with Gasteiger partial charge < -0.3 is 14.9 Å². The zero-order valence-corrected chi connectivity index (χ0v) is 8.48. The fourth-order valence-electron chi connectivity index (χ4n) is 1.58. The van der Waals surface area contributed by atoms with E-state index < -0.39 is 37.0 Å². The summed E-state index contributed by atoms with van der Waals surface area (Å²) in [5.41, 5.74) is 0. The molecule has 1 aliphatic rings. The van der Waals surface area contributed by atoms with Crippen LogP contribution in [0.3, 0.4) is 0 Å². The lowest BCUT2D eigenvalue weighted by molar-refractivity contribution is -0.183. The van der Waals surface area contributed by atoms with Crippen molar-refractivity contribution in [3.63, 3.8) is 0 Å². The third kappa shape index (κ3) is 3.77. The summed E-state index contributed by atoms with van der Waals surface area (Å²) < 4.78 is 40.0. The summed E-state index contributed by atoms with van der Waals surface area (Å²) in [6, 6.07) is -1.36. The van der Waals surface area contributed by atoms with Crippen LogP contribution in [0.2, 0.25) is 0 Å². The van der Waals surface area contributed by atoms with Gasteiger partial charge >= 0.3 is 18.2 Å². The average Bonchev–Trinajstić information content (AvgIpc) is 2.57. The highest BCUT2D eigenvalue weighted by molar-refractivity contribution is 5.80. The molecule has 0 spiro atoms. The highest BCUT2D eigenvalue weighted by atomic mass is 19.4. The number of alkyl halides is 3. The molecule has 0 aromatic heterocycles. The topological polar surface area (TPSA) is 87.1 Å². The van der Waals surface area contributed by atoms with Crippen LogP contribution in [0.5, 0.6) is 0 Å². The SMILES string of the molecule is O=C(O)[C@H]1C[C@@H](OCC(F)(F)F)CN1C(=O)O. The van der Waals surface area contributed by atoms with Gasteiger partial charge in [0.05, 0.1) is 12.6 Å². The smallest absolute Gasteiger partial charge is 0.411 e. The van der Waals surface area contributed by atoms with Crippen molar-refractivity contribution in [2.45, 2.75) is 24.7 Å². The van der Waals surface area contributed by atoms with E-state index in [2.05, 4.69) is 4.74 Å². The van der Waals surface area contributed by atoms with Crippen LogP contribution in [0.1, 0.15) is 6.42 Å². The predicted molar refractivity (Wildman–Crippen MR) is 46.6 cm³/mol. The van der Waals surface area contributed by atoms with Crippen molar-refractivity contribution in [1.82, 2.24) is 4.90 Å². The van der Waals surface area contributed by atoms with E-state index in [1.54, 1.807) is 0 Å². The van der Waals surface area contributed by atoms with Crippen LogP contribution >= 0.6 is 0 Å². The van der Waals surface area contributed by atoms with E-state index in [0.717, 1.165) is 0 Å². The number of amides is 1. The van der Waals surface area contributed by atoms with Crippen molar-refractivity contribution in [1.29, 1.82) is 0 Å². The van der Waals surface area contributed by atoms with E-state index in [4.69, 9.17) is 10.2 Å². The molecule has 6 nitrogen and oxygen atoms in total. The number of likely N-dealkylation sites (tertiary alicyclic amines) is 1. The number of hydrogen-bond acceptors (Lipinski definition) is 3. The molecule has 9 heteroatoms. The molecule has 0 aliphatic carbocycles. The van der Waals surface area contributed by atoms with Gasteiger partial charge in [0.2, 0.25) is 0 Å². The van der Waals surface area contributed by atoms with Crippen LogP contribution < -0.4 is 0 Å². The second-order valence-electron chi connectivity index (χ2n) is 3.57. The number of nitrogens with zero attached hydrogens (tertiary/aromatic N) is 1. The molecule has 0 saturated carbocycles. The van der Waals surface area contributed by atoms with Crippen molar-refractivity contribution in [2.75, 3.05) is 13.2 Å². The van der Waals surface area contributed by atoms with E-state index >= 15 is 0 Å². The van der Waals surface area contributed by atoms with Gasteiger partial charge in [-0.05, 0) is 0 Å². The van der Waals surface area contributed by atoms with Crippen LogP contribution in [-0.4, -0.2) is 58.6 Å². The molecule has 2 atom stereocenters. The summed E-state index contributed by atoms with van der Waals surface area (Å²) in [6.45, 7) is -1.89. The third-order valence-electron chi connectivity index (χ3n) is 2.28. The lowest BCUT2D eigenvalue weighted by Gasteiger charge is -2.16. The first-order chi connectivity index (χ1) is 7.70. The second-order valence-corrected chi connectivity index (χ2v) is 3.57. The zero-order chi connectivity index (χ0) is 13.2. The summed E-state index contributed by atoms with van der Waals surface area (Å²) in [5, 5.41) is 17.4. The van der Waals surface area contributed by atoms with E-state index in [9.17, 15) is 22.8 Å². The fraction of sp³-hybridized carbons (Fsp3) is 0.750. The van der Waals surface area contributed by atoms with Crippen LogP contribution in [0, 0.1) is 0 Å². The van der Waals surface area contributed by atoms with E-state index in [1.807, 2.05) is 0 Å². The van der Waals surface area contributed by atoms with Gasteiger partial charge in [-0.1, -0.05) is 0 Å². The van der Waals surface area contributed by atoms with Crippen molar-refractivity contribution in [3.8, 4) is 0 Å². The Bertz CT molecular complexity index is 297. The quantitative estimate of drug-likeness (QED) is 0.779. The van der Waals surface area contributed by atoms with Gasteiger partial charge in [-0.3, -0.25) is 4.90 Å². The first kappa shape index (κ1) is 13.6. The Morgan fingerprint density at radius 2 is 1.94 bits per heavy atom. The van der Waals surface area contributed by atoms with Crippen molar-refractivity contribution in [3.05, 3.63) is 0 Å².